The molecule has 0 saturated heterocycles. The first-order valence-corrected chi connectivity index (χ1v) is 7.08. The number of ether oxygens (including phenoxy) is 1. The van der Waals surface area contributed by atoms with Crippen LogP contribution in [-0.4, -0.2) is 11.2 Å². The Labute approximate surface area is 134 Å². The van der Waals surface area contributed by atoms with Gasteiger partial charge < -0.3 is 4.74 Å². The third-order valence-corrected chi connectivity index (χ3v) is 2.86. The maximum atomic E-state index is 11.5. The molecule has 0 spiro atoms. The zero-order chi connectivity index (χ0) is 15.6. The van der Waals surface area contributed by atoms with Gasteiger partial charge in [0, 0.05) is 0 Å². The van der Waals surface area contributed by atoms with Gasteiger partial charge >= 0.3 is 6.09 Å². The molecule has 0 atom stereocenters. The molecular formula is C16H16N2O3S. The van der Waals surface area contributed by atoms with Gasteiger partial charge in [-0.15, -0.1) is 0 Å². The summed E-state index contributed by atoms with van der Waals surface area (Å²) in [5, 5.41) is 2.42. The van der Waals surface area contributed by atoms with Crippen LogP contribution in [0.25, 0.3) is 0 Å². The Morgan fingerprint density at radius 3 is 2.05 bits per heavy atom. The summed E-state index contributed by atoms with van der Waals surface area (Å²) in [6.07, 6.45) is -0.635. The predicted octanol–water partition coefficient (Wildman–Crippen LogP) is 2.92. The van der Waals surface area contributed by atoms with Crippen molar-refractivity contribution < 1.29 is 14.4 Å². The molecule has 0 bridgehead atoms. The second-order valence-electron chi connectivity index (χ2n) is 4.39. The van der Waals surface area contributed by atoms with Gasteiger partial charge in [-0.05, 0) is 23.3 Å². The van der Waals surface area contributed by atoms with Crippen LogP contribution in [0.5, 0.6) is 0 Å². The number of benzene rings is 2. The van der Waals surface area contributed by atoms with Crippen LogP contribution in [0, 0.1) is 0 Å². The summed E-state index contributed by atoms with van der Waals surface area (Å²) in [5.41, 5.74) is 4.37. The van der Waals surface area contributed by atoms with Crippen LogP contribution in [0.1, 0.15) is 11.1 Å². The maximum Gasteiger partial charge on any atom is 0.413 e. The van der Waals surface area contributed by atoms with Gasteiger partial charge in [-0.2, -0.15) is 0 Å². The van der Waals surface area contributed by atoms with E-state index in [1.165, 1.54) is 0 Å². The molecule has 0 radical (unpaired) electrons. The number of carbonyl (C=O) groups is 1. The predicted molar refractivity (Wildman–Crippen MR) is 86.7 cm³/mol. The maximum absolute atomic E-state index is 11.5. The first-order chi connectivity index (χ1) is 10.7. The lowest BCUT2D eigenvalue weighted by Gasteiger charge is -2.10. The molecule has 2 N–H and O–H groups in total. The fourth-order valence-corrected chi connectivity index (χ4v) is 1.78. The van der Waals surface area contributed by atoms with Gasteiger partial charge in [0.15, 0.2) is 5.11 Å². The van der Waals surface area contributed by atoms with E-state index in [0.717, 1.165) is 11.1 Å². The number of nitrogens with one attached hydrogen (secondary N) is 2. The Morgan fingerprint density at radius 1 is 0.909 bits per heavy atom. The van der Waals surface area contributed by atoms with Gasteiger partial charge in [0.25, 0.3) is 0 Å². The van der Waals surface area contributed by atoms with Crippen LogP contribution in [-0.2, 0) is 22.8 Å². The Kier molecular flexibility index (Phi) is 6.35. The largest absolute Gasteiger partial charge is 0.444 e. The molecule has 5 nitrogen and oxygen atoms in total. The molecule has 2 rings (SSSR count). The quantitative estimate of drug-likeness (QED) is 0.656. The average molecular weight is 316 g/mol. The first-order valence-electron chi connectivity index (χ1n) is 6.67. The van der Waals surface area contributed by atoms with E-state index in [1.54, 1.807) is 0 Å². The van der Waals surface area contributed by atoms with Crippen molar-refractivity contribution in [3.63, 3.8) is 0 Å². The normalized spacial score (nSPS) is 9.82. The number of hydroxylamine groups is 1. The fourth-order valence-electron chi connectivity index (χ4n) is 1.64. The zero-order valence-electron chi connectivity index (χ0n) is 11.8. The van der Waals surface area contributed by atoms with Crippen molar-refractivity contribution in [3.05, 3.63) is 71.8 Å². The molecular weight excluding hydrogens is 300 g/mol. The smallest absolute Gasteiger partial charge is 0.413 e. The Morgan fingerprint density at radius 2 is 1.45 bits per heavy atom. The molecule has 0 aliphatic heterocycles. The Hall–Kier alpha value is -2.44. The molecule has 1 amide bonds. The SMILES string of the molecule is O=C(NC(=S)NOCc1ccccc1)OCc1ccccc1. The highest BCUT2D eigenvalue weighted by Crippen LogP contribution is 2.01. The molecule has 0 saturated carbocycles. The minimum absolute atomic E-state index is 0.0500. The van der Waals surface area contributed by atoms with Crippen molar-refractivity contribution in [2.45, 2.75) is 13.2 Å². The van der Waals surface area contributed by atoms with Gasteiger partial charge in [-0.1, -0.05) is 60.7 Å². The second-order valence-corrected chi connectivity index (χ2v) is 4.80. The van der Waals surface area contributed by atoms with Crippen molar-refractivity contribution >= 4 is 23.4 Å². The number of thiocarbonyl (C=S) groups is 1. The lowest BCUT2D eigenvalue weighted by atomic mass is 10.2. The van der Waals surface area contributed by atoms with Crippen LogP contribution in [0.2, 0.25) is 0 Å². The third-order valence-electron chi connectivity index (χ3n) is 2.67. The van der Waals surface area contributed by atoms with Crippen LogP contribution in [0.4, 0.5) is 4.79 Å². The van der Waals surface area contributed by atoms with Crippen LogP contribution in [0.15, 0.2) is 60.7 Å². The van der Waals surface area contributed by atoms with E-state index >= 15 is 0 Å². The second kappa shape index (κ2) is 8.76. The number of rotatable bonds is 5. The van der Waals surface area contributed by atoms with E-state index < -0.39 is 6.09 Å². The van der Waals surface area contributed by atoms with E-state index in [9.17, 15) is 4.79 Å². The van der Waals surface area contributed by atoms with Gasteiger partial charge in [0.2, 0.25) is 0 Å². The summed E-state index contributed by atoms with van der Waals surface area (Å²) in [4.78, 5) is 16.7. The molecule has 22 heavy (non-hydrogen) atoms. The molecule has 0 aliphatic rings. The summed E-state index contributed by atoms with van der Waals surface area (Å²) in [7, 11) is 0. The molecule has 6 heteroatoms. The molecule has 2 aromatic rings. The summed E-state index contributed by atoms with van der Waals surface area (Å²) in [5.74, 6) is 0. The standard InChI is InChI=1S/C16H16N2O3S/c19-16(20-11-13-7-3-1-4-8-13)17-15(22)18-21-12-14-9-5-2-6-10-14/h1-10H,11-12H2,(H2,17,18,19,22). The molecule has 0 unspecified atom stereocenters. The van der Waals surface area contributed by atoms with Crippen molar-refractivity contribution in [1.82, 2.24) is 10.8 Å². The van der Waals surface area contributed by atoms with Crippen molar-refractivity contribution in [2.75, 3.05) is 0 Å². The molecule has 2 aromatic carbocycles. The molecule has 114 valence electrons. The van der Waals surface area contributed by atoms with Gasteiger partial charge in [-0.3, -0.25) is 10.2 Å². The monoisotopic (exact) mass is 316 g/mol. The van der Waals surface area contributed by atoms with E-state index in [1.807, 2.05) is 60.7 Å². The zero-order valence-corrected chi connectivity index (χ0v) is 12.6. The lowest BCUT2D eigenvalue weighted by Crippen LogP contribution is -2.39. The fraction of sp³-hybridized carbons (Fsp3) is 0.125. The highest BCUT2D eigenvalue weighted by atomic mass is 32.1. The number of amides is 1. The Balaban J connectivity index is 1.63. The first kappa shape index (κ1) is 15.9. The molecule has 0 fully saturated rings. The summed E-state index contributed by atoms with van der Waals surface area (Å²) < 4.78 is 5.03. The van der Waals surface area contributed by atoms with Crippen molar-refractivity contribution in [1.29, 1.82) is 0 Å². The van der Waals surface area contributed by atoms with E-state index in [4.69, 9.17) is 21.8 Å². The van der Waals surface area contributed by atoms with E-state index in [0.29, 0.717) is 6.61 Å². The molecule has 0 aromatic heterocycles. The summed E-state index contributed by atoms with van der Waals surface area (Å²) in [6, 6.07) is 19.0. The number of carbonyl (C=O) groups excluding carboxylic acids is 1. The van der Waals surface area contributed by atoms with Gasteiger partial charge in [0.05, 0.1) is 6.61 Å². The third kappa shape index (κ3) is 5.90. The average Bonchev–Trinajstić information content (AvgIpc) is 2.55. The van der Waals surface area contributed by atoms with Crippen LogP contribution >= 0.6 is 12.2 Å². The van der Waals surface area contributed by atoms with Gasteiger partial charge in [0.1, 0.15) is 6.61 Å². The minimum atomic E-state index is -0.635. The molecule has 0 heterocycles. The van der Waals surface area contributed by atoms with Crippen molar-refractivity contribution in [3.8, 4) is 0 Å². The van der Waals surface area contributed by atoms with Crippen LogP contribution in [0.3, 0.4) is 0 Å². The summed E-state index contributed by atoms with van der Waals surface area (Å²) in [6.45, 7) is 0.516. The summed E-state index contributed by atoms with van der Waals surface area (Å²) >= 11 is 4.93. The Bertz CT molecular complexity index is 605. The van der Waals surface area contributed by atoms with E-state index in [2.05, 4.69) is 10.8 Å². The van der Waals surface area contributed by atoms with E-state index in [-0.39, 0.29) is 11.7 Å². The van der Waals surface area contributed by atoms with Crippen molar-refractivity contribution in [2.24, 2.45) is 0 Å². The lowest BCUT2D eigenvalue weighted by molar-refractivity contribution is 0.0697. The van der Waals surface area contributed by atoms with Crippen LogP contribution < -0.4 is 10.8 Å². The number of alkyl carbamates (subject to hydrolysis) is 1. The highest BCUT2D eigenvalue weighted by Gasteiger charge is 2.05. The molecule has 0 aliphatic carbocycles. The number of hydrogen-bond acceptors (Lipinski definition) is 4. The highest BCUT2D eigenvalue weighted by molar-refractivity contribution is 7.80. The minimum Gasteiger partial charge on any atom is -0.444 e. The van der Waals surface area contributed by atoms with Gasteiger partial charge in [-0.25, -0.2) is 10.3 Å². The number of hydrogen-bond donors (Lipinski definition) is 2. The topological polar surface area (TPSA) is 59.6 Å².